The monoisotopic (exact) mass is 462 g/mol. The Morgan fingerprint density at radius 2 is 0.692 bits per heavy atom. The summed E-state index contributed by atoms with van der Waals surface area (Å²) in [5.74, 6) is 0. The fourth-order valence-electron chi connectivity index (χ4n) is 3.11. The molecule has 0 aliphatic carbocycles. The number of hydrogen-bond donors (Lipinski definition) is 0. The Bertz CT molecular complexity index is 960. The quantitative estimate of drug-likeness (QED) is 0.287. The van der Waals surface area contributed by atoms with E-state index in [1.165, 1.54) is 33.4 Å². The van der Waals surface area contributed by atoms with Crippen LogP contribution in [0.5, 0.6) is 0 Å². The minimum absolute atomic E-state index is 1.06. The zero-order valence-corrected chi connectivity index (χ0v) is 17.2. The van der Waals surface area contributed by atoms with E-state index in [1.54, 1.807) is 0 Å². The van der Waals surface area contributed by atoms with Crippen molar-refractivity contribution in [2.45, 2.75) is 0 Å². The van der Waals surface area contributed by atoms with Crippen molar-refractivity contribution < 1.29 is 0 Å². The third kappa shape index (κ3) is 3.82. The summed E-state index contributed by atoms with van der Waals surface area (Å²) in [5, 5.41) is 0. The van der Waals surface area contributed by atoms with E-state index in [2.05, 4.69) is 129 Å². The second-order valence-corrected chi connectivity index (χ2v) is 8.02. The van der Waals surface area contributed by atoms with Gasteiger partial charge in [0.05, 0.1) is 0 Å². The summed E-state index contributed by atoms with van der Waals surface area (Å²) < 4.78 is 2.13. The number of rotatable bonds is 3. The molecule has 0 N–H and O–H groups in total. The van der Waals surface area contributed by atoms with Gasteiger partial charge in [-0.05, 0) is 69.8 Å². The molecular formula is C24H16Br2. The van der Waals surface area contributed by atoms with Gasteiger partial charge in [0.2, 0.25) is 0 Å². The van der Waals surface area contributed by atoms with Gasteiger partial charge >= 0.3 is 0 Å². The molecule has 0 aliphatic rings. The minimum atomic E-state index is 1.06. The van der Waals surface area contributed by atoms with Gasteiger partial charge in [-0.1, -0.05) is 92.5 Å². The van der Waals surface area contributed by atoms with Crippen LogP contribution in [0.25, 0.3) is 33.4 Å². The van der Waals surface area contributed by atoms with Crippen molar-refractivity contribution in [3.05, 3.63) is 106 Å². The highest BCUT2D eigenvalue weighted by molar-refractivity contribution is 9.11. The first kappa shape index (κ1) is 17.3. The summed E-state index contributed by atoms with van der Waals surface area (Å²) in [6, 6.07) is 34.2. The summed E-state index contributed by atoms with van der Waals surface area (Å²) in [6.45, 7) is 0. The molecule has 2 heteroatoms. The van der Waals surface area contributed by atoms with Gasteiger partial charge in [-0.2, -0.15) is 0 Å². The van der Waals surface area contributed by atoms with Gasteiger partial charge in [-0.25, -0.2) is 0 Å². The van der Waals surface area contributed by atoms with Crippen molar-refractivity contribution in [3.8, 4) is 33.4 Å². The first-order valence-electron chi connectivity index (χ1n) is 8.41. The number of halogens is 2. The Hall–Kier alpha value is -2.16. The van der Waals surface area contributed by atoms with Crippen LogP contribution in [0.3, 0.4) is 0 Å². The van der Waals surface area contributed by atoms with Gasteiger partial charge < -0.3 is 0 Å². The predicted octanol–water partition coefficient (Wildman–Crippen LogP) is 8.21. The molecule has 0 fully saturated rings. The maximum Gasteiger partial charge on any atom is 0.0192 e. The normalized spacial score (nSPS) is 10.7. The fraction of sp³-hybridized carbons (Fsp3) is 0. The van der Waals surface area contributed by atoms with E-state index in [4.69, 9.17) is 0 Å². The summed E-state index contributed by atoms with van der Waals surface area (Å²) in [4.78, 5) is 0. The molecule has 0 atom stereocenters. The van der Waals surface area contributed by atoms with Crippen molar-refractivity contribution in [1.29, 1.82) is 0 Å². The maximum atomic E-state index is 3.61. The van der Waals surface area contributed by atoms with Gasteiger partial charge in [0.25, 0.3) is 0 Å². The average molecular weight is 464 g/mol. The van der Waals surface area contributed by atoms with Crippen LogP contribution in [0.15, 0.2) is 106 Å². The average Bonchev–Trinajstić information content (AvgIpc) is 2.68. The van der Waals surface area contributed by atoms with Gasteiger partial charge in [0.1, 0.15) is 0 Å². The Balaban J connectivity index is 1.93. The van der Waals surface area contributed by atoms with E-state index >= 15 is 0 Å². The van der Waals surface area contributed by atoms with Crippen LogP contribution in [0.2, 0.25) is 0 Å². The van der Waals surface area contributed by atoms with Crippen molar-refractivity contribution >= 4 is 31.9 Å². The van der Waals surface area contributed by atoms with E-state index in [9.17, 15) is 0 Å². The van der Waals surface area contributed by atoms with Crippen molar-refractivity contribution in [2.75, 3.05) is 0 Å². The molecular weight excluding hydrogens is 448 g/mol. The molecule has 126 valence electrons. The predicted molar refractivity (Wildman–Crippen MR) is 118 cm³/mol. The fourth-order valence-corrected chi connectivity index (χ4v) is 4.40. The lowest BCUT2D eigenvalue weighted by atomic mass is 9.93. The summed E-state index contributed by atoms with van der Waals surface area (Å²) >= 11 is 7.21. The second kappa shape index (κ2) is 7.61. The molecule has 0 bridgehead atoms. The van der Waals surface area contributed by atoms with Crippen LogP contribution in [-0.2, 0) is 0 Å². The number of hydrogen-bond acceptors (Lipinski definition) is 0. The van der Waals surface area contributed by atoms with Crippen molar-refractivity contribution in [1.82, 2.24) is 0 Å². The van der Waals surface area contributed by atoms with Gasteiger partial charge in [-0.3, -0.25) is 0 Å². The maximum absolute atomic E-state index is 3.61. The molecule has 0 aliphatic heterocycles. The third-order valence-electron chi connectivity index (χ3n) is 4.34. The molecule has 0 aromatic heterocycles. The molecule has 4 aromatic carbocycles. The van der Waals surface area contributed by atoms with Crippen LogP contribution in [0.1, 0.15) is 0 Å². The van der Waals surface area contributed by atoms with E-state index in [-0.39, 0.29) is 0 Å². The van der Waals surface area contributed by atoms with E-state index in [0.717, 1.165) is 8.95 Å². The van der Waals surface area contributed by atoms with Crippen LogP contribution in [0.4, 0.5) is 0 Å². The molecule has 0 nitrogen and oxygen atoms in total. The summed E-state index contributed by atoms with van der Waals surface area (Å²) in [6.07, 6.45) is 0. The molecule has 4 rings (SSSR count). The van der Waals surface area contributed by atoms with E-state index < -0.39 is 0 Å². The van der Waals surface area contributed by atoms with Crippen LogP contribution in [-0.4, -0.2) is 0 Å². The topological polar surface area (TPSA) is 0 Å². The molecule has 0 radical (unpaired) electrons. The molecule has 0 amide bonds. The van der Waals surface area contributed by atoms with Crippen molar-refractivity contribution in [3.63, 3.8) is 0 Å². The lowest BCUT2D eigenvalue weighted by Gasteiger charge is -2.12. The second-order valence-electron chi connectivity index (χ2n) is 6.19. The lowest BCUT2D eigenvalue weighted by Crippen LogP contribution is -1.86. The minimum Gasteiger partial charge on any atom is -0.0622 e. The highest BCUT2D eigenvalue weighted by Crippen LogP contribution is 2.34. The SMILES string of the molecule is Brc1cc(Br)cc(-c2cc(-c3ccccc3)cc(-c3ccccc3)c2)c1. The van der Waals surface area contributed by atoms with Gasteiger partial charge in [0.15, 0.2) is 0 Å². The lowest BCUT2D eigenvalue weighted by molar-refractivity contribution is 1.54. The van der Waals surface area contributed by atoms with E-state index in [1.807, 2.05) is 0 Å². The van der Waals surface area contributed by atoms with Crippen LogP contribution in [0, 0.1) is 0 Å². The smallest absolute Gasteiger partial charge is 0.0192 e. The summed E-state index contributed by atoms with van der Waals surface area (Å²) in [5.41, 5.74) is 7.27. The number of benzene rings is 4. The largest absolute Gasteiger partial charge is 0.0622 e. The zero-order valence-electron chi connectivity index (χ0n) is 14.0. The molecule has 0 saturated carbocycles. The highest BCUT2D eigenvalue weighted by atomic mass is 79.9. The Morgan fingerprint density at radius 3 is 1.12 bits per heavy atom. The Labute approximate surface area is 170 Å². The Kier molecular flexibility index (Phi) is 5.05. The van der Waals surface area contributed by atoms with Crippen LogP contribution < -0.4 is 0 Å². The van der Waals surface area contributed by atoms with E-state index in [0.29, 0.717) is 0 Å². The highest BCUT2D eigenvalue weighted by Gasteiger charge is 2.08. The van der Waals surface area contributed by atoms with Crippen molar-refractivity contribution in [2.24, 2.45) is 0 Å². The molecule has 0 unspecified atom stereocenters. The first-order chi connectivity index (χ1) is 12.7. The molecule has 0 heterocycles. The molecule has 4 aromatic rings. The first-order valence-corrected chi connectivity index (χ1v) is 10.00. The van der Waals surface area contributed by atoms with Gasteiger partial charge in [0, 0.05) is 8.95 Å². The molecule has 26 heavy (non-hydrogen) atoms. The van der Waals surface area contributed by atoms with Crippen LogP contribution >= 0.6 is 31.9 Å². The Morgan fingerprint density at radius 1 is 0.346 bits per heavy atom. The van der Waals surface area contributed by atoms with Gasteiger partial charge in [-0.15, -0.1) is 0 Å². The zero-order chi connectivity index (χ0) is 17.9. The molecule has 0 saturated heterocycles. The molecule has 0 spiro atoms. The summed E-state index contributed by atoms with van der Waals surface area (Å²) in [7, 11) is 0. The standard InChI is InChI=1S/C24H16Br2/c25-23-14-22(15-24(26)16-23)21-12-19(17-7-3-1-4-8-17)11-20(13-21)18-9-5-2-6-10-18/h1-16H. The third-order valence-corrected chi connectivity index (χ3v) is 5.26.